The molecule has 2 aromatic rings. The van der Waals surface area contributed by atoms with Gasteiger partial charge in [0.25, 0.3) is 0 Å². The smallest absolute Gasteiger partial charge is 0.204 e. The summed E-state index contributed by atoms with van der Waals surface area (Å²) in [5.41, 5.74) is 1.50. The molecule has 0 aliphatic rings. The van der Waals surface area contributed by atoms with Crippen LogP contribution in [0.15, 0.2) is 22.9 Å². The van der Waals surface area contributed by atoms with Gasteiger partial charge in [0.05, 0.1) is 11.6 Å². The second-order valence-electron chi connectivity index (χ2n) is 4.34. The first kappa shape index (κ1) is 15.5. The van der Waals surface area contributed by atoms with Crippen LogP contribution in [0.3, 0.4) is 0 Å². The molecule has 0 saturated carbocycles. The van der Waals surface area contributed by atoms with Crippen molar-refractivity contribution in [3.05, 3.63) is 34.3 Å². The van der Waals surface area contributed by atoms with E-state index in [9.17, 15) is 4.39 Å². The second kappa shape index (κ2) is 6.71. The van der Waals surface area contributed by atoms with Gasteiger partial charge in [0.2, 0.25) is 5.75 Å². The van der Waals surface area contributed by atoms with Gasteiger partial charge in [-0.3, -0.25) is 0 Å². The molecule has 5 nitrogen and oxygen atoms in total. The molecule has 1 aromatic heterocycles. The van der Waals surface area contributed by atoms with Crippen LogP contribution >= 0.6 is 15.9 Å². The molecular formula is C14H16BrFN4O. The van der Waals surface area contributed by atoms with Crippen molar-refractivity contribution in [1.82, 2.24) is 9.97 Å². The van der Waals surface area contributed by atoms with Crippen molar-refractivity contribution >= 4 is 33.3 Å². The van der Waals surface area contributed by atoms with Crippen molar-refractivity contribution in [2.45, 2.75) is 13.8 Å². The minimum absolute atomic E-state index is 0.344. The lowest BCUT2D eigenvalue weighted by Crippen LogP contribution is -2.06. The van der Waals surface area contributed by atoms with E-state index in [0.717, 1.165) is 5.56 Å². The highest BCUT2D eigenvalue weighted by Gasteiger charge is 2.13. The van der Waals surface area contributed by atoms with Crippen molar-refractivity contribution in [2.75, 3.05) is 24.3 Å². The van der Waals surface area contributed by atoms with Crippen LogP contribution in [-0.4, -0.2) is 23.6 Å². The number of anilines is 3. The summed E-state index contributed by atoms with van der Waals surface area (Å²) in [5, 5.41) is 6.17. The summed E-state index contributed by atoms with van der Waals surface area (Å²) in [7, 11) is 1.54. The van der Waals surface area contributed by atoms with Crippen LogP contribution in [0.25, 0.3) is 0 Å². The van der Waals surface area contributed by atoms with E-state index >= 15 is 0 Å². The highest BCUT2D eigenvalue weighted by atomic mass is 79.9. The molecule has 2 rings (SSSR count). The van der Waals surface area contributed by atoms with Gasteiger partial charge in [-0.15, -0.1) is 0 Å². The van der Waals surface area contributed by atoms with Crippen LogP contribution in [0.5, 0.6) is 5.75 Å². The second-order valence-corrected chi connectivity index (χ2v) is 5.20. The van der Waals surface area contributed by atoms with Crippen molar-refractivity contribution in [2.24, 2.45) is 0 Å². The maximum atomic E-state index is 13.7. The number of ether oxygens (including phenoxy) is 1. The molecule has 0 saturated heterocycles. The highest BCUT2D eigenvalue weighted by Crippen LogP contribution is 2.33. The first-order chi connectivity index (χ1) is 10.1. The fraction of sp³-hybridized carbons (Fsp3) is 0.286. The fourth-order valence-corrected chi connectivity index (χ4v) is 2.32. The van der Waals surface area contributed by atoms with Gasteiger partial charge >= 0.3 is 0 Å². The van der Waals surface area contributed by atoms with Gasteiger partial charge in [0.15, 0.2) is 11.6 Å². The molecule has 0 unspecified atom stereocenters. The summed E-state index contributed by atoms with van der Waals surface area (Å²) in [6.07, 6.45) is 1.42. The zero-order chi connectivity index (χ0) is 15.4. The Bertz CT molecular complexity index is 651. The van der Waals surface area contributed by atoms with E-state index < -0.39 is 0 Å². The molecular weight excluding hydrogens is 339 g/mol. The van der Waals surface area contributed by atoms with Gasteiger partial charge in [-0.1, -0.05) is 0 Å². The van der Waals surface area contributed by atoms with Gasteiger partial charge in [0.1, 0.15) is 12.1 Å². The van der Waals surface area contributed by atoms with Gasteiger partial charge in [-0.2, -0.15) is 0 Å². The summed E-state index contributed by atoms with van der Waals surface area (Å²) in [4.78, 5) is 8.29. The van der Waals surface area contributed by atoms with E-state index in [0.29, 0.717) is 34.1 Å². The van der Waals surface area contributed by atoms with Crippen LogP contribution in [0, 0.1) is 12.7 Å². The lowest BCUT2D eigenvalue weighted by molar-refractivity contribution is 0.415. The van der Waals surface area contributed by atoms with Gasteiger partial charge in [-0.25, -0.2) is 14.4 Å². The molecule has 21 heavy (non-hydrogen) atoms. The summed E-state index contributed by atoms with van der Waals surface area (Å²) in [6.45, 7) is 4.55. The van der Waals surface area contributed by atoms with Gasteiger partial charge in [-0.05, 0) is 47.5 Å². The van der Waals surface area contributed by atoms with Crippen LogP contribution in [0.2, 0.25) is 0 Å². The van der Waals surface area contributed by atoms with Crippen LogP contribution < -0.4 is 15.4 Å². The van der Waals surface area contributed by atoms with Gasteiger partial charge < -0.3 is 15.4 Å². The normalized spacial score (nSPS) is 10.3. The van der Waals surface area contributed by atoms with Crippen LogP contribution in [0.1, 0.15) is 12.5 Å². The number of halogens is 2. The summed E-state index contributed by atoms with van der Waals surface area (Å²) >= 11 is 3.16. The zero-order valence-electron chi connectivity index (χ0n) is 12.0. The monoisotopic (exact) mass is 354 g/mol. The third-order valence-electron chi connectivity index (χ3n) is 2.87. The Balaban J connectivity index is 2.40. The molecule has 0 aliphatic heterocycles. The standard InChI is InChI=1S/C14H16BrFN4O/c1-4-17-13-12(21-3)14(19-7-18-13)20-11-6-10(16)9(15)5-8(11)2/h5-7H,4H2,1-3H3,(H2,17,18,19,20). The fourth-order valence-electron chi connectivity index (χ4n) is 1.86. The van der Waals surface area contributed by atoms with Crippen molar-refractivity contribution < 1.29 is 9.13 Å². The van der Waals surface area contributed by atoms with Crippen molar-refractivity contribution in [3.8, 4) is 5.75 Å². The first-order valence-corrected chi connectivity index (χ1v) is 7.21. The Labute approximate surface area is 131 Å². The SMILES string of the molecule is CCNc1ncnc(Nc2cc(F)c(Br)cc2C)c1OC. The number of nitrogens with one attached hydrogen (secondary N) is 2. The Morgan fingerprint density at radius 2 is 2.00 bits per heavy atom. The number of rotatable bonds is 5. The highest BCUT2D eigenvalue weighted by molar-refractivity contribution is 9.10. The Hall–Kier alpha value is -1.89. The number of methoxy groups -OCH3 is 1. The molecule has 0 amide bonds. The van der Waals surface area contributed by atoms with E-state index in [1.165, 1.54) is 12.4 Å². The maximum Gasteiger partial charge on any atom is 0.204 e. The topological polar surface area (TPSA) is 59.1 Å². The van der Waals surface area contributed by atoms with Crippen molar-refractivity contribution in [3.63, 3.8) is 0 Å². The molecule has 0 bridgehead atoms. The van der Waals surface area contributed by atoms with E-state index in [1.807, 2.05) is 13.8 Å². The number of aryl methyl sites for hydroxylation is 1. The molecule has 2 N–H and O–H groups in total. The Kier molecular flexibility index (Phi) is 4.95. The minimum atomic E-state index is -0.344. The number of aromatic nitrogens is 2. The zero-order valence-corrected chi connectivity index (χ0v) is 13.6. The number of benzene rings is 1. The third kappa shape index (κ3) is 3.41. The summed E-state index contributed by atoms with van der Waals surface area (Å²) < 4.78 is 19.4. The lowest BCUT2D eigenvalue weighted by atomic mass is 10.2. The quantitative estimate of drug-likeness (QED) is 0.853. The predicted molar refractivity (Wildman–Crippen MR) is 84.9 cm³/mol. The summed E-state index contributed by atoms with van der Waals surface area (Å²) in [5.74, 6) is 1.21. The number of nitrogens with zero attached hydrogens (tertiary/aromatic N) is 2. The molecule has 0 radical (unpaired) electrons. The molecule has 0 atom stereocenters. The molecule has 0 spiro atoms. The molecule has 0 aliphatic carbocycles. The van der Waals surface area contributed by atoms with Gasteiger partial charge in [0, 0.05) is 12.2 Å². The van der Waals surface area contributed by atoms with Crippen LogP contribution in [-0.2, 0) is 0 Å². The van der Waals surface area contributed by atoms with E-state index in [4.69, 9.17) is 4.74 Å². The molecule has 0 fully saturated rings. The maximum absolute atomic E-state index is 13.7. The molecule has 1 heterocycles. The van der Waals surface area contributed by atoms with Crippen molar-refractivity contribution in [1.29, 1.82) is 0 Å². The summed E-state index contributed by atoms with van der Waals surface area (Å²) in [6, 6.07) is 3.12. The largest absolute Gasteiger partial charge is 0.490 e. The minimum Gasteiger partial charge on any atom is -0.490 e. The first-order valence-electron chi connectivity index (χ1n) is 6.42. The van der Waals surface area contributed by atoms with E-state index in [1.54, 1.807) is 13.2 Å². The van der Waals surface area contributed by atoms with Crippen LogP contribution in [0.4, 0.5) is 21.7 Å². The Morgan fingerprint density at radius 3 is 2.67 bits per heavy atom. The van der Waals surface area contributed by atoms with E-state index in [-0.39, 0.29) is 5.82 Å². The third-order valence-corrected chi connectivity index (χ3v) is 3.48. The Morgan fingerprint density at radius 1 is 1.29 bits per heavy atom. The molecule has 7 heteroatoms. The predicted octanol–water partition coefficient (Wildman–Crippen LogP) is 3.87. The van der Waals surface area contributed by atoms with E-state index in [2.05, 4.69) is 36.5 Å². The molecule has 112 valence electrons. The lowest BCUT2D eigenvalue weighted by Gasteiger charge is -2.15. The number of hydrogen-bond acceptors (Lipinski definition) is 5. The molecule has 1 aromatic carbocycles. The average molecular weight is 355 g/mol. The average Bonchev–Trinajstić information content (AvgIpc) is 2.45. The number of hydrogen-bond donors (Lipinski definition) is 2.